The van der Waals surface area contributed by atoms with Crippen molar-refractivity contribution in [1.82, 2.24) is 10.3 Å². The van der Waals surface area contributed by atoms with E-state index in [0.29, 0.717) is 5.69 Å². The molecule has 4 nitrogen and oxygen atoms in total. The zero-order valence-corrected chi connectivity index (χ0v) is 8.04. The zero-order chi connectivity index (χ0) is 9.97. The first-order valence-corrected chi connectivity index (χ1v) is 4.59. The van der Waals surface area contributed by atoms with E-state index in [2.05, 4.69) is 15.0 Å². The molecule has 1 N–H and O–H groups in total. The monoisotopic (exact) mass is 192 g/mol. The highest BCUT2D eigenvalue weighted by molar-refractivity contribution is 5.87. The molecule has 0 atom stereocenters. The van der Waals surface area contributed by atoms with Gasteiger partial charge in [-0.05, 0) is 24.6 Å². The number of ether oxygens (including phenoxy) is 1. The van der Waals surface area contributed by atoms with Crippen LogP contribution in [0.15, 0.2) is 12.1 Å². The number of rotatable bonds is 1. The Balaban J connectivity index is 2.33. The lowest BCUT2D eigenvalue weighted by atomic mass is 10.1. The van der Waals surface area contributed by atoms with Crippen molar-refractivity contribution in [2.75, 3.05) is 13.7 Å². The maximum absolute atomic E-state index is 11.2. The third-order valence-electron chi connectivity index (χ3n) is 2.33. The smallest absolute Gasteiger partial charge is 0.356 e. The molecule has 0 bridgehead atoms. The van der Waals surface area contributed by atoms with Crippen molar-refractivity contribution >= 4 is 5.97 Å². The summed E-state index contributed by atoms with van der Waals surface area (Å²) in [7, 11) is 1.36. The van der Waals surface area contributed by atoms with Crippen LogP contribution in [0.2, 0.25) is 0 Å². The Bertz CT molecular complexity index is 363. The first kappa shape index (κ1) is 9.15. The summed E-state index contributed by atoms with van der Waals surface area (Å²) in [6.07, 6.45) is 0.976. The molecule has 0 amide bonds. The molecule has 14 heavy (non-hydrogen) atoms. The van der Waals surface area contributed by atoms with Crippen molar-refractivity contribution in [3.8, 4) is 0 Å². The average Bonchev–Trinajstić information content (AvgIpc) is 2.27. The number of hydrogen-bond acceptors (Lipinski definition) is 4. The lowest BCUT2D eigenvalue weighted by molar-refractivity contribution is 0.0593. The van der Waals surface area contributed by atoms with Gasteiger partial charge in [0.25, 0.3) is 0 Å². The number of aromatic nitrogens is 1. The van der Waals surface area contributed by atoms with Crippen molar-refractivity contribution in [2.24, 2.45) is 0 Å². The molecule has 0 radical (unpaired) electrons. The minimum atomic E-state index is -0.377. The van der Waals surface area contributed by atoms with Gasteiger partial charge in [-0.2, -0.15) is 0 Å². The summed E-state index contributed by atoms with van der Waals surface area (Å²) in [6, 6.07) is 3.67. The van der Waals surface area contributed by atoms with Crippen LogP contribution < -0.4 is 5.32 Å². The van der Waals surface area contributed by atoms with Gasteiger partial charge in [0, 0.05) is 6.54 Å². The molecule has 1 aliphatic rings. The number of carbonyl (C=O) groups is 1. The van der Waals surface area contributed by atoms with Gasteiger partial charge >= 0.3 is 5.97 Å². The Labute approximate surface area is 82.3 Å². The summed E-state index contributed by atoms with van der Waals surface area (Å²) in [5.41, 5.74) is 2.56. The van der Waals surface area contributed by atoms with Gasteiger partial charge in [-0.25, -0.2) is 9.78 Å². The standard InChI is InChI=1S/C10H12N2O2/c1-14-10(13)8-3-2-7-4-5-11-6-9(7)12-8/h2-3,11H,4-6H2,1H3. The second-order valence-corrected chi connectivity index (χ2v) is 3.22. The van der Waals surface area contributed by atoms with Crippen molar-refractivity contribution in [1.29, 1.82) is 0 Å². The zero-order valence-electron chi connectivity index (χ0n) is 8.04. The van der Waals surface area contributed by atoms with Crippen LogP contribution in [0.1, 0.15) is 21.7 Å². The summed E-state index contributed by atoms with van der Waals surface area (Å²) in [4.78, 5) is 15.4. The van der Waals surface area contributed by atoms with Crippen molar-refractivity contribution in [3.63, 3.8) is 0 Å². The lowest BCUT2D eigenvalue weighted by Crippen LogP contribution is -2.25. The number of nitrogens with one attached hydrogen (secondary N) is 1. The highest BCUT2D eigenvalue weighted by Gasteiger charge is 2.13. The van der Waals surface area contributed by atoms with Crippen LogP contribution in [0.5, 0.6) is 0 Å². The minimum absolute atomic E-state index is 0.377. The molecular weight excluding hydrogens is 180 g/mol. The van der Waals surface area contributed by atoms with E-state index in [1.165, 1.54) is 12.7 Å². The van der Waals surface area contributed by atoms with Gasteiger partial charge in [0.15, 0.2) is 0 Å². The molecule has 74 valence electrons. The van der Waals surface area contributed by atoms with Crippen molar-refractivity contribution < 1.29 is 9.53 Å². The molecule has 2 heterocycles. The fraction of sp³-hybridized carbons (Fsp3) is 0.400. The van der Waals surface area contributed by atoms with Gasteiger partial charge < -0.3 is 10.1 Å². The van der Waals surface area contributed by atoms with Crippen LogP contribution in [0, 0.1) is 0 Å². The molecule has 0 aromatic carbocycles. The van der Waals surface area contributed by atoms with E-state index in [4.69, 9.17) is 0 Å². The summed E-state index contributed by atoms with van der Waals surface area (Å²) in [6.45, 7) is 1.71. The Morgan fingerprint density at radius 1 is 1.57 bits per heavy atom. The van der Waals surface area contributed by atoms with E-state index >= 15 is 0 Å². The number of fused-ring (bicyclic) bond motifs is 1. The topological polar surface area (TPSA) is 51.2 Å². The molecule has 0 saturated heterocycles. The molecule has 1 aliphatic heterocycles. The first-order chi connectivity index (χ1) is 6.81. The lowest BCUT2D eigenvalue weighted by Gasteiger charge is -2.15. The van der Waals surface area contributed by atoms with E-state index in [-0.39, 0.29) is 5.97 Å². The second-order valence-electron chi connectivity index (χ2n) is 3.22. The van der Waals surface area contributed by atoms with Crippen LogP contribution in [0.4, 0.5) is 0 Å². The largest absolute Gasteiger partial charge is 0.464 e. The van der Waals surface area contributed by atoms with Gasteiger partial charge in [0.2, 0.25) is 0 Å². The van der Waals surface area contributed by atoms with Gasteiger partial charge in [0.1, 0.15) is 5.69 Å². The highest BCUT2D eigenvalue weighted by atomic mass is 16.5. The molecule has 0 unspecified atom stereocenters. The number of pyridine rings is 1. The molecule has 0 saturated carbocycles. The number of hydrogen-bond donors (Lipinski definition) is 1. The Hall–Kier alpha value is -1.42. The van der Waals surface area contributed by atoms with Crippen LogP contribution in [-0.4, -0.2) is 24.6 Å². The van der Waals surface area contributed by atoms with E-state index < -0.39 is 0 Å². The molecule has 4 heteroatoms. The molecule has 0 aliphatic carbocycles. The van der Waals surface area contributed by atoms with Gasteiger partial charge in [-0.1, -0.05) is 6.07 Å². The van der Waals surface area contributed by atoms with Gasteiger partial charge in [0.05, 0.1) is 12.8 Å². The Kier molecular flexibility index (Phi) is 2.45. The molecule has 1 aromatic rings. The molecular formula is C10H12N2O2. The number of methoxy groups -OCH3 is 1. The van der Waals surface area contributed by atoms with E-state index in [0.717, 1.165) is 25.2 Å². The maximum Gasteiger partial charge on any atom is 0.356 e. The number of nitrogens with zero attached hydrogens (tertiary/aromatic N) is 1. The van der Waals surface area contributed by atoms with E-state index in [9.17, 15) is 4.79 Å². The second kappa shape index (κ2) is 3.75. The van der Waals surface area contributed by atoms with Gasteiger partial charge in [-0.3, -0.25) is 0 Å². The fourth-order valence-electron chi connectivity index (χ4n) is 1.56. The molecule has 0 fully saturated rings. The summed E-state index contributed by atoms with van der Waals surface area (Å²) in [5.74, 6) is -0.377. The Morgan fingerprint density at radius 3 is 3.21 bits per heavy atom. The normalized spacial score (nSPS) is 14.6. The average molecular weight is 192 g/mol. The van der Waals surface area contributed by atoms with Crippen LogP contribution in [0.25, 0.3) is 0 Å². The SMILES string of the molecule is COC(=O)c1ccc2c(n1)CNCC2. The third kappa shape index (κ3) is 1.61. The van der Waals surface area contributed by atoms with Crippen LogP contribution in [0.3, 0.4) is 0 Å². The number of esters is 1. The van der Waals surface area contributed by atoms with Crippen molar-refractivity contribution in [3.05, 3.63) is 29.1 Å². The van der Waals surface area contributed by atoms with Crippen LogP contribution in [-0.2, 0) is 17.7 Å². The Morgan fingerprint density at radius 2 is 2.43 bits per heavy atom. The van der Waals surface area contributed by atoms with Crippen LogP contribution >= 0.6 is 0 Å². The predicted octanol–water partition coefficient (Wildman–Crippen LogP) is 0.514. The highest BCUT2D eigenvalue weighted by Crippen LogP contribution is 2.12. The minimum Gasteiger partial charge on any atom is -0.464 e. The predicted molar refractivity (Wildman–Crippen MR) is 51.0 cm³/mol. The summed E-state index contributed by atoms with van der Waals surface area (Å²) in [5, 5.41) is 3.21. The molecule has 2 rings (SSSR count). The van der Waals surface area contributed by atoms with E-state index in [1.807, 2.05) is 6.07 Å². The molecule has 0 spiro atoms. The fourth-order valence-corrected chi connectivity index (χ4v) is 1.56. The van der Waals surface area contributed by atoms with E-state index in [1.54, 1.807) is 6.07 Å². The van der Waals surface area contributed by atoms with Gasteiger partial charge in [-0.15, -0.1) is 0 Å². The maximum atomic E-state index is 11.2. The summed E-state index contributed by atoms with van der Waals surface area (Å²) >= 11 is 0. The van der Waals surface area contributed by atoms with Crippen molar-refractivity contribution in [2.45, 2.75) is 13.0 Å². The summed E-state index contributed by atoms with van der Waals surface area (Å²) < 4.78 is 4.61. The third-order valence-corrected chi connectivity index (χ3v) is 2.33. The quantitative estimate of drug-likeness (QED) is 0.659. The first-order valence-electron chi connectivity index (χ1n) is 4.59. The number of carbonyl (C=O) groups excluding carboxylic acids is 1. The molecule has 1 aromatic heterocycles.